The number of rotatable bonds is 23. The van der Waals surface area contributed by atoms with E-state index >= 15 is 0 Å². The third-order valence-electron chi connectivity index (χ3n) is 4.21. The minimum Gasteiger partial charge on any atom is -0.321 e. The number of hydrogen-bond acceptors (Lipinski definition) is 8. The minimum atomic E-state index is -2.47. The van der Waals surface area contributed by atoms with Crippen LogP contribution in [0.1, 0.15) is 105 Å². The Labute approximate surface area is 204 Å². The van der Waals surface area contributed by atoms with Gasteiger partial charge in [0.25, 0.3) is 11.4 Å². The van der Waals surface area contributed by atoms with Gasteiger partial charge in [-0.05, 0) is 49.3 Å². The molecule has 0 bridgehead atoms. The maximum absolute atomic E-state index is 6.10. The van der Waals surface area contributed by atoms with Crippen LogP contribution in [0.4, 0.5) is 0 Å². The lowest BCUT2D eigenvalue weighted by atomic mass is 10.3. The Hall–Kier alpha value is 1.84. The van der Waals surface area contributed by atoms with E-state index in [-0.39, 0.29) is 0 Å². The molecule has 0 unspecified atom stereocenters. The van der Waals surface area contributed by atoms with Crippen LogP contribution in [0, 0.1) is 0 Å². The van der Waals surface area contributed by atoms with Crippen LogP contribution in [-0.4, -0.2) is 26.4 Å². The van der Waals surface area contributed by atoms with Crippen LogP contribution < -0.4 is 0 Å². The first-order valence-electron chi connectivity index (χ1n) is 11.6. The Balaban J connectivity index is 4.87. The van der Waals surface area contributed by atoms with Crippen LogP contribution in [0.25, 0.3) is 0 Å². The van der Waals surface area contributed by atoms with Gasteiger partial charge in [-0.3, -0.25) is 0 Å². The number of hydrogen-bond donors (Lipinski definition) is 0. The highest BCUT2D eigenvalue weighted by molar-refractivity contribution is 9.17. The summed E-state index contributed by atoms with van der Waals surface area (Å²) >= 11 is 11.7. The highest BCUT2D eigenvalue weighted by Crippen LogP contribution is 2.77. The van der Waals surface area contributed by atoms with Crippen molar-refractivity contribution in [3.8, 4) is 0 Å². The molecule has 0 aromatic heterocycles. The van der Waals surface area contributed by atoms with E-state index in [1.165, 1.54) is 20.8 Å². The van der Waals surface area contributed by atoms with E-state index in [1.807, 2.05) is 0 Å². The van der Waals surface area contributed by atoms with Gasteiger partial charge >= 0.3 is 0 Å². The molecule has 0 rings (SSSR count). The van der Waals surface area contributed by atoms with Gasteiger partial charge in [0.2, 0.25) is 0 Å². The van der Waals surface area contributed by atoms with E-state index in [0.29, 0.717) is 26.4 Å². The molecule has 0 radical (unpaired) electrons. The predicted molar refractivity (Wildman–Crippen MR) is 146 cm³/mol. The molecule has 0 saturated carbocycles. The molecule has 4 nitrogen and oxygen atoms in total. The summed E-state index contributed by atoms with van der Waals surface area (Å²) in [6.07, 6.45) is 13.2. The largest absolute Gasteiger partial charge is 0.321 e. The van der Waals surface area contributed by atoms with Crippen LogP contribution in [0.2, 0.25) is 0 Å². The Morgan fingerprint density at radius 1 is 0.467 bits per heavy atom. The van der Waals surface area contributed by atoms with Crippen LogP contribution >= 0.6 is 32.2 Å². The van der Waals surface area contributed by atoms with Gasteiger partial charge in [0.05, 0.1) is 26.4 Å². The normalized spacial score (nSPS) is 12.5. The van der Waals surface area contributed by atoms with Crippen LogP contribution in [0.15, 0.2) is 0 Å². The molecule has 10 heteroatoms. The first-order chi connectivity index (χ1) is 14.4. The highest BCUT2D eigenvalue weighted by Gasteiger charge is 2.29. The SMILES string of the molecule is CCCCCOP(=S)(OCCCCC)SSP(=S)(OCCCCC)OCCCCC. The van der Waals surface area contributed by atoms with Crippen LogP contribution in [-0.2, 0) is 41.7 Å². The highest BCUT2D eigenvalue weighted by atomic mass is 33.5. The third-order valence-corrected chi connectivity index (χ3v) is 19.4. The summed E-state index contributed by atoms with van der Waals surface area (Å²) in [7, 11) is 2.94. The molecule has 0 amide bonds. The Bertz CT molecular complexity index is 410. The van der Waals surface area contributed by atoms with E-state index in [9.17, 15) is 0 Å². The van der Waals surface area contributed by atoms with Gasteiger partial charge in [0.1, 0.15) is 0 Å². The average Bonchev–Trinajstić information content (AvgIpc) is 2.74. The lowest BCUT2D eigenvalue weighted by Crippen LogP contribution is -1.98. The van der Waals surface area contributed by atoms with E-state index in [4.69, 9.17) is 41.7 Å². The van der Waals surface area contributed by atoms with Crippen molar-refractivity contribution in [3.05, 3.63) is 0 Å². The van der Waals surface area contributed by atoms with Crippen molar-refractivity contribution in [2.75, 3.05) is 26.4 Å². The van der Waals surface area contributed by atoms with Gasteiger partial charge < -0.3 is 18.1 Å². The number of unbranched alkanes of at least 4 members (excludes halogenated alkanes) is 8. The molecule has 182 valence electrons. The fourth-order valence-electron chi connectivity index (χ4n) is 2.36. The second kappa shape index (κ2) is 21.4. The molecule has 0 aliphatic carbocycles. The van der Waals surface area contributed by atoms with Crippen molar-refractivity contribution in [2.45, 2.75) is 105 Å². The van der Waals surface area contributed by atoms with Crippen molar-refractivity contribution < 1.29 is 18.1 Å². The van der Waals surface area contributed by atoms with Crippen molar-refractivity contribution in [2.24, 2.45) is 0 Å². The predicted octanol–water partition coefficient (Wildman–Crippen LogP) is 9.64. The summed E-state index contributed by atoms with van der Waals surface area (Å²) in [5.74, 6) is 0. The monoisotopic (exact) mass is 538 g/mol. The van der Waals surface area contributed by atoms with Crippen LogP contribution in [0.5, 0.6) is 0 Å². The molecule has 0 saturated heterocycles. The van der Waals surface area contributed by atoms with Gasteiger partial charge in [0.15, 0.2) is 0 Å². The Morgan fingerprint density at radius 2 is 0.700 bits per heavy atom. The summed E-state index contributed by atoms with van der Waals surface area (Å²) < 4.78 is 24.4. The molecule has 0 aliphatic heterocycles. The molecular formula is C20H44O4P2S4. The Kier molecular flexibility index (Phi) is 22.7. The second-order valence-electron chi connectivity index (χ2n) is 7.20. The molecule has 0 aliphatic rings. The van der Waals surface area contributed by atoms with Crippen molar-refractivity contribution in [1.29, 1.82) is 0 Å². The fraction of sp³-hybridized carbons (Fsp3) is 1.00. The van der Waals surface area contributed by atoms with Gasteiger partial charge in [-0.25, -0.2) is 0 Å². The summed E-state index contributed by atoms with van der Waals surface area (Å²) in [6.45, 7) is 11.3. The molecule has 0 N–H and O–H groups in total. The smallest absolute Gasteiger partial charge is 0.258 e. The molecule has 0 heterocycles. The van der Waals surface area contributed by atoms with Gasteiger partial charge in [-0.1, -0.05) is 79.1 Å². The maximum atomic E-state index is 6.10. The molecule has 0 atom stereocenters. The summed E-state index contributed by atoms with van der Waals surface area (Å²) in [4.78, 5) is 0. The first kappa shape index (κ1) is 31.8. The van der Waals surface area contributed by atoms with Gasteiger partial charge in [-0.15, -0.1) is 0 Å². The molecule has 0 spiro atoms. The zero-order chi connectivity index (χ0) is 22.6. The van der Waals surface area contributed by atoms with Crippen molar-refractivity contribution in [3.63, 3.8) is 0 Å². The molecule has 0 fully saturated rings. The van der Waals surface area contributed by atoms with E-state index in [1.54, 1.807) is 0 Å². The maximum Gasteiger partial charge on any atom is 0.258 e. The van der Waals surface area contributed by atoms with Gasteiger partial charge in [-0.2, -0.15) is 0 Å². The Morgan fingerprint density at radius 3 is 0.900 bits per heavy atom. The van der Waals surface area contributed by atoms with Crippen molar-refractivity contribution >= 4 is 55.8 Å². The summed E-state index contributed by atoms with van der Waals surface area (Å²) in [6, 6.07) is 0. The topological polar surface area (TPSA) is 36.9 Å². The second-order valence-corrected chi connectivity index (χ2v) is 21.1. The van der Waals surface area contributed by atoms with Crippen molar-refractivity contribution in [1.82, 2.24) is 0 Å². The molecule has 30 heavy (non-hydrogen) atoms. The average molecular weight is 539 g/mol. The molecule has 0 aromatic rings. The molecule has 0 aromatic carbocycles. The lowest BCUT2D eigenvalue weighted by Gasteiger charge is -2.25. The zero-order valence-corrected chi connectivity index (χ0v) is 24.5. The quantitative estimate of drug-likeness (QED) is 0.0723. The molecular weight excluding hydrogens is 494 g/mol. The van der Waals surface area contributed by atoms with Crippen LogP contribution in [0.3, 0.4) is 0 Å². The standard InChI is InChI=1S/C20H44O4P2S4/c1-5-9-13-17-21-25(27,22-18-14-10-6-2)29-30-26(28,23-19-15-11-7-3)24-20-16-12-8-4/h5-20H2,1-4H3. The first-order valence-corrected chi connectivity index (χ1v) is 20.2. The van der Waals surface area contributed by atoms with E-state index in [2.05, 4.69) is 27.7 Å². The summed E-state index contributed by atoms with van der Waals surface area (Å²) in [5.41, 5.74) is -4.94. The van der Waals surface area contributed by atoms with E-state index in [0.717, 1.165) is 77.0 Å². The fourth-order valence-corrected chi connectivity index (χ4v) is 18.9. The summed E-state index contributed by atoms with van der Waals surface area (Å²) in [5, 5.41) is 0. The zero-order valence-electron chi connectivity index (χ0n) is 19.5. The third kappa shape index (κ3) is 18.3. The lowest BCUT2D eigenvalue weighted by molar-refractivity contribution is 0.250. The van der Waals surface area contributed by atoms with E-state index < -0.39 is 11.4 Å². The minimum absolute atomic E-state index is 0.643. The van der Waals surface area contributed by atoms with Gasteiger partial charge in [0, 0.05) is 20.8 Å².